The molecule has 0 fully saturated rings. The molecule has 10 heteroatoms. The van der Waals surface area contributed by atoms with Crippen molar-refractivity contribution < 1.29 is 22.7 Å². The second-order valence-electron chi connectivity index (χ2n) is 7.81. The highest BCUT2D eigenvalue weighted by molar-refractivity contribution is 9.10. The van der Waals surface area contributed by atoms with E-state index in [0.717, 1.165) is 16.3 Å². The van der Waals surface area contributed by atoms with Crippen molar-refractivity contribution in [2.75, 3.05) is 30.8 Å². The Morgan fingerprint density at radius 1 is 1.15 bits per heavy atom. The van der Waals surface area contributed by atoms with Crippen molar-refractivity contribution in [3.05, 3.63) is 58.6 Å². The van der Waals surface area contributed by atoms with E-state index in [9.17, 15) is 18.0 Å². The molecular weight excluding hydrogens is 522 g/mol. The first-order chi connectivity index (χ1) is 16.1. The van der Waals surface area contributed by atoms with Crippen LogP contribution < -0.4 is 14.4 Å². The number of hydrogen-bond donors (Lipinski definition) is 1. The maximum atomic E-state index is 13.1. The third kappa shape index (κ3) is 8.02. The Morgan fingerprint density at radius 2 is 1.82 bits per heavy atom. The van der Waals surface area contributed by atoms with Crippen LogP contribution in [0, 0.1) is 0 Å². The third-order valence-corrected chi connectivity index (χ3v) is 6.93. The topological polar surface area (TPSA) is 96.0 Å². The molecule has 2 rings (SSSR count). The SMILES string of the molecule is CCOc1ccc(N(CCCC(=O)N(Cc2cccc(Br)c2)C(C)C(=O)NC)S(C)(=O)=O)cc1. The maximum Gasteiger partial charge on any atom is 0.242 e. The molecule has 2 aromatic rings. The van der Waals surface area contributed by atoms with E-state index in [1.165, 1.54) is 16.3 Å². The Balaban J connectivity index is 2.13. The van der Waals surface area contributed by atoms with Gasteiger partial charge in [-0.3, -0.25) is 13.9 Å². The first-order valence-electron chi connectivity index (χ1n) is 11.0. The van der Waals surface area contributed by atoms with Gasteiger partial charge in [-0.25, -0.2) is 8.42 Å². The summed E-state index contributed by atoms with van der Waals surface area (Å²) in [4.78, 5) is 26.9. The van der Waals surface area contributed by atoms with Gasteiger partial charge in [-0.15, -0.1) is 0 Å². The molecule has 34 heavy (non-hydrogen) atoms. The summed E-state index contributed by atoms with van der Waals surface area (Å²) >= 11 is 3.43. The lowest BCUT2D eigenvalue weighted by molar-refractivity contribution is -0.140. The van der Waals surface area contributed by atoms with Gasteiger partial charge in [-0.2, -0.15) is 0 Å². The van der Waals surface area contributed by atoms with E-state index in [4.69, 9.17) is 4.74 Å². The lowest BCUT2D eigenvalue weighted by Gasteiger charge is -2.29. The molecule has 0 radical (unpaired) electrons. The summed E-state index contributed by atoms with van der Waals surface area (Å²) < 4.78 is 32.4. The van der Waals surface area contributed by atoms with Gasteiger partial charge >= 0.3 is 0 Å². The fourth-order valence-corrected chi connectivity index (χ4v) is 4.91. The third-order valence-electron chi connectivity index (χ3n) is 5.24. The number of carbonyl (C=O) groups is 2. The van der Waals surface area contributed by atoms with Crippen molar-refractivity contribution in [1.82, 2.24) is 10.2 Å². The summed E-state index contributed by atoms with van der Waals surface area (Å²) in [6, 6.07) is 13.7. The van der Waals surface area contributed by atoms with Gasteiger partial charge in [0.05, 0.1) is 18.6 Å². The number of sulfonamides is 1. The van der Waals surface area contributed by atoms with E-state index >= 15 is 0 Å². The van der Waals surface area contributed by atoms with Crippen LogP contribution in [-0.4, -0.2) is 57.6 Å². The van der Waals surface area contributed by atoms with Crippen molar-refractivity contribution in [3.63, 3.8) is 0 Å². The molecule has 0 aromatic heterocycles. The van der Waals surface area contributed by atoms with Gasteiger partial charge in [0.25, 0.3) is 0 Å². The Hall–Kier alpha value is -2.59. The summed E-state index contributed by atoms with van der Waals surface area (Å²) in [6.45, 7) is 4.47. The van der Waals surface area contributed by atoms with E-state index in [-0.39, 0.29) is 31.3 Å². The molecule has 2 amide bonds. The van der Waals surface area contributed by atoms with Crippen molar-refractivity contribution in [2.24, 2.45) is 0 Å². The minimum absolute atomic E-state index is 0.0956. The number of rotatable bonds is 12. The zero-order valence-corrected chi connectivity index (χ0v) is 22.4. The van der Waals surface area contributed by atoms with Gasteiger partial charge in [0.15, 0.2) is 0 Å². The minimum atomic E-state index is -3.55. The van der Waals surface area contributed by atoms with Crippen LogP contribution in [0.5, 0.6) is 5.75 Å². The van der Waals surface area contributed by atoms with Gasteiger partial charge in [-0.1, -0.05) is 28.1 Å². The second-order valence-corrected chi connectivity index (χ2v) is 10.6. The first-order valence-corrected chi connectivity index (χ1v) is 13.7. The Labute approximate surface area is 210 Å². The van der Waals surface area contributed by atoms with Crippen molar-refractivity contribution in [2.45, 2.75) is 39.3 Å². The molecule has 0 aliphatic heterocycles. The average molecular weight is 555 g/mol. The number of nitrogens with zero attached hydrogens (tertiary/aromatic N) is 2. The number of hydrogen-bond acceptors (Lipinski definition) is 5. The highest BCUT2D eigenvalue weighted by Gasteiger charge is 2.26. The Kier molecular flexibility index (Phi) is 10.4. The van der Waals surface area contributed by atoms with Crippen LogP contribution in [0.15, 0.2) is 53.0 Å². The minimum Gasteiger partial charge on any atom is -0.494 e. The summed E-state index contributed by atoms with van der Waals surface area (Å²) in [7, 11) is -2.02. The standard InChI is InChI=1S/C24H32BrN3O5S/c1-5-33-22-13-11-21(12-14-22)28(34(4,31)32)15-7-10-23(29)27(18(2)24(30)26-3)17-19-8-6-9-20(25)16-19/h6,8-9,11-14,16,18H,5,7,10,15,17H2,1-4H3,(H,26,30). The highest BCUT2D eigenvalue weighted by Crippen LogP contribution is 2.23. The number of amides is 2. The lowest BCUT2D eigenvalue weighted by atomic mass is 10.1. The highest BCUT2D eigenvalue weighted by atomic mass is 79.9. The van der Waals surface area contributed by atoms with Gasteiger partial charge < -0.3 is 15.0 Å². The molecule has 1 atom stereocenters. The van der Waals surface area contributed by atoms with Crippen LogP contribution in [-0.2, 0) is 26.2 Å². The maximum absolute atomic E-state index is 13.1. The first kappa shape index (κ1) is 27.7. The average Bonchev–Trinajstić information content (AvgIpc) is 2.79. The number of carbonyl (C=O) groups excluding carboxylic acids is 2. The number of anilines is 1. The van der Waals surface area contributed by atoms with E-state index in [1.807, 2.05) is 31.2 Å². The fraction of sp³-hybridized carbons (Fsp3) is 0.417. The molecule has 0 spiro atoms. The molecule has 0 heterocycles. The summed E-state index contributed by atoms with van der Waals surface area (Å²) in [6.07, 6.45) is 1.53. The monoisotopic (exact) mass is 553 g/mol. The van der Waals surface area contributed by atoms with Crippen LogP contribution in [0.3, 0.4) is 0 Å². The number of nitrogens with one attached hydrogen (secondary N) is 1. The molecule has 0 saturated heterocycles. The molecule has 0 saturated carbocycles. The predicted octanol–water partition coefficient (Wildman–Crippen LogP) is 3.56. The molecule has 1 unspecified atom stereocenters. The van der Waals surface area contributed by atoms with Gasteiger partial charge in [0, 0.05) is 31.0 Å². The predicted molar refractivity (Wildman–Crippen MR) is 137 cm³/mol. The van der Waals surface area contributed by atoms with Gasteiger partial charge in [0.1, 0.15) is 11.8 Å². The zero-order chi connectivity index (χ0) is 25.3. The van der Waals surface area contributed by atoms with E-state index in [1.54, 1.807) is 31.2 Å². The largest absolute Gasteiger partial charge is 0.494 e. The van der Waals surface area contributed by atoms with Crippen molar-refractivity contribution in [3.8, 4) is 5.75 Å². The summed E-state index contributed by atoms with van der Waals surface area (Å²) in [5.74, 6) is 0.160. The molecule has 8 nitrogen and oxygen atoms in total. The summed E-state index contributed by atoms with van der Waals surface area (Å²) in [5, 5.41) is 2.59. The molecule has 1 N–H and O–H groups in total. The summed E-state index contributed by atoms with van der Waals surface area (Å²) in [5.41, 5.74) is 1.38. The molecule has 0 aliphatic rings. The van der Waals surface area contributed by atoms with Gasteiger partial charge in [-0.05, 0) is 62.2 Å². The van der Waals surface area contributed by atoms with Gasteiger partial charge in [0.2, 0.25) is 21.8 Å². The van der Waals surface area contributed by atoms with Crippen LogP contribution in [0.4, 0.5) is 5.69 Å². The van der Waals surface area contributed by atoms with Crippen LogP contribution in [0.2, 0.25) is 0 Å². The van der Waals surface area contributed by atoms with E-state index < -0.39 is 16.1 Å². The van der Waals surface area contributed by atoms with Crippen LogP contribution >= 0.6 is 15.9 Å². The lowest BCUT2D eigenvalue weighted by Crippen LogP contribution is -2.46. The number of ether oxygens (including phenoxy) is 1. The molecular formula is C24H32BrN3O5S. The fourth-order valence-electron chi connectivity index (χ4n) is 3.50. The van der Waals surface area contributed by atoms with E-state index in [0.29, 0.717) is 24.5 Å². The van der Waals surface area contributed by atoms with E-state index in [2.05, 4.69) is 21.2 Å². The molecule has 186 valence electrons. The van der Waals surface area contributed by atoms with Crippen molar-refractivity contribution >= 4 is 43.5 Å². The smallest absolute Gasteiger partial charge is 0.242 e. The second kappa shape index (κ2) is 12.8. The zero-order valence-electron chi connectivity index (χ0n) is 20.0. The molecule has 0 aliphatic carbocycles. The quantitative estimate of drug-likeness (QED) is 0.433. The molecule has 0 bridgehead atoms. The molecule has 2 aromatic carbocycles. The number of benzene rings is 2. The van der Waals surface area contributed by atoms with Crippen LogP contribution in [0.25, 0.3) is 0 Å². The Morgan fingerprint density at radius 3 is 2.38 bits per heavy atom. The normalized spacial score (nSPS) is 12.0. The number of likely N-dealkylation sites (N-methyl/N-ethyl adjacent to an activating group) is 1. The number of halogens is 1. The van der Waals surface area contributed by atoms with Crippen LogP contribution in [0.1, 0.15) is 32.3 Å². The Bertz CT molecular complexity index is 1080. The van der Waals surface area contributed by atoms with Crippen molar-refractivity contribution in [1.29, 1.82) is 0 Å².